The van der Waals surface area contributed by atoms with Gasteiger partial charge in [0.25, 0.3) is 0 Å². The van der Waals surface area contributed by atoms with Gasteiger partial charge in [0.1, 0.15) is 5.75 Å². The minimum Gasteiger partial charge on any atom is -0.494 e. The third kappa shape index (κ3) is 3.15. The van der Waals surface area contributed by atoms with E-state index >= 15 is 0 Å². The zero-order chi connectivity index (χ0) is 14.0. The highest BCUT2D eigenvalue weighted by Gasteiger charge is 2.50. The van der Waals surface area contributed by atoms with Crippen molar-refractivity contribution in [3.05, 3.63) is 28.7 Å². The van der Waals surface area contributed by atoms with E-state index in [9.17, 15) is 0 Å². The van der Waals surface area contributed by atoms with Crippen LogP contribution in [0.3, 0.4) is 0 Å². The molecule has 3 rings (SSSR count). The minimum atomic E-state index is 0.123. The molecule has 1 saturated heterocycles. The summed E-state index contributed by atoms with van der Waals surface area (Å²) in [5.74, 6) is 2.33. The van der Waals surface area contributed by atoms with Gasteiger partial charge in [-0.1, -0.05) is 15.9 Å². The van der Waals surface area contributed by atoms with Crippen LogP contribution >= 0.6 is 27.5 Å². The highest BCUT2D eigenvalue weighted by molar-refractivity contribution is 9.10. The molecule has 1 aromatic carbocycles. The molecule has 1 saturated carbocycles. The van der Waals surface area contributed by atoms with Crippen molar-refractivity contribution in [1.82, 2.24) is 0 Å². The minimum absolute atomic E-state index is 0.123. The molecule has 2 aliphatic rings. The Balaban J connectivity index is 1.56. The number of benzene rings is 1. The summed E-state index contributed by atoms with van der Waals surface area (Å²) in [6, 6.07) is 7.97. The van der Waals surface area contributed by atoms with Crippen LogP contribution in [-0.2, 0) is 4.74 Å². The second kappa shape index (κ2) is 6.25. The number of hydrogen-bond acceptors (Lipinski definition) is 2. The van der Waals surface area contributed by atoms with Gasteiger partial charge in [0.15, 0.2) is 0 Å². The predicted molar refractivity (Wildman–Crippen MR) is 84.5 cm³/mol. The standard InChI is InChI=1S/C16H20BrClO2/c17-13-3-5-14(6-4-13)19-9-7-16(11-18)8-10-20-15(16)12-1-2-12/h3-6,12,15H,1-2,7-11H2. The van der Waals surface area contributed by atoms with E-state index in [0.717, 1.165) is 35.6 Å². The molecule has 0 spiro atoms. The number of alkyl halides is 1. The molecule has 2 nitrogen and oxygen atoms in total. The van der Waals surface area contributed by atoms with E-state index in [1.807, 2.05) is 24.3 Å². The third-order valence-electron chi connectivity index (χ3n) is 4.50. The van der Waals surface area contributed by atoms with Crippen LogP contribution in [0.1, 0.15) is 25.7 Å². The fourth-order valence-corrected chi connectivity index (χ4v) is 3.81. The van der Waals surface area contributed by atoms with Gasteiger partial charge in [-0.15, -0.1) is 11.6 Å². The zero-order valence-electron chi connectivity index (χ0n) is 11.5. The molecule has 4 heteroatoms. The molecule has 0 amide bonds. The van der Waals surface area contributed by atoms with E-state index in [1.54, 1.807) is 0 Å². The highest BCUT2D eigenvalue weighted by Crippen LogP contribution is 2.50. The van der Waals surface area contributed by atoms with Gasteiger partial charge in [0.05, 0.1) is 12.7 Å². The third-order valence-corrected chi connectivity index (χ3v) is 5.56. The van der Waals surface area contributed by atoms with Crippen molar-refractivity contribution in [2.45, 2.75) is 31.8 Å². The van der Waals surface area contributed by atoms with Gasteiger partial charge in [0.2, 0.25) is 0 Å². The van der Waals surface area contributed by atoms with Crippen LogP contribution in [0.5, 0.6) is 5.75 Å². The van der Waals surface area contributed by atoms with Crippen molar-refractivity contribution < 1.29 is 9.47 Å². The lowest BCUT2D eigenvalue weighted by Gasteiger charge is -2.32. The van der Waals surface area contributed by atoms with Gasteiger partial charge in [-0.25, -0.2) is 0 Å². The summed E-state index contributed by atoms with van der Waals surface area (Å²) in [5.41, 5.74) is 0.123. The molecule has 0 bridgehead atoms. The lowest BCUT2D eigenvalue weighted by molar-refractivity contribution is 0.0307. The highest BCUT2D eigenvalue weighted by atomic mass is 79.9. The van der Waals surface area contributed by atoms with Crippen molar-refractivity contribution in [3.63, 3.8) is 0 Å². The van der Waals surface area contributed by atoms with Crippen LogP contribution in [-0.4, -0.2) is 25.2 Å². The lowest BCUT2D eigenvalue weighted by atomic mass is 9.78. The molecule has 20 heavy (non-hydrogen) atoms. The van der Waals surface area contributed by atoms with Crippen molar-refractivity contribution in [1.29, 1.82) is 0 Å². The number of ether oxygens (including phenoxy) is 2. The van der Waals surface area contributed by atoms with E-state index < -0.39 is 0 Å². The molecule has 0 N–H and O–H groups in total. The molecule has 0 aromatic heterocycles. The average Bonchev–Trinajstić information content (AvgIpc) is 3.22. The quantitative estimate of drug-likeness (QED) is 0.689. The Labute approximate surface area is 133 Å². The molecule has 2 atom stereocenters. The van der Waals surface area contributed by atoms with E-state index in [4.69, 9.17) is 21.1 Å². The lowest BCUT2D eigenvalue weighted by Crippen LogP contribution is -2.36. The molecule has 1 aliphatic carbocycles. The van der Waals surface area contributed by atoms with Crippen molar-refractivity contribution in [3.8, 4) is 5.75 Å². The fourth-order valence-electron chi connectivity index (χ4n) is 3.12. The summed E-state index contributed by atoms with van der Waals surface area (Å²) in [7, 11) is 0. The normalized spacial score (nSPS) is 29.6. The second-order valence-corrected chi connectivity index (χ2v) is 7.11. The van der Waals surface area contributed by atoms with E-state index in [1.165, 1.54) is 12.8 Å². The Morgan fingerprint density at radius 1 is 1.30 bits per heavy atom. The van der Waals surface area contributed by atoms with Crippen LogP contribution in [0.2, 0.25) is 0 Å². The summed E-state index contributed by atoms with van der Waals surface area (Å²) in [6.45, 7) is 1.56. The number of rotatable bonds is 6. The molecule has 2 unspecified atom stereocenters. The number of halogens is 2. The van der Waals surface area contributed by atoms with Gasteiger partial charge < -0.3 is 9.47 Å². The zero-order valence-corrected chi connectivity index (χ0v) is 13.8. The van der Waals surface area contributed by atoms with E-state index in [0.29, 0.717) is 18.6 Å². The van der Waals surface area contributed by atoms with Crippen molar-refractivity contribution in [2.75, 3.05) is 19.1 Å². The maximum absolute atomic E-state index is 6.29. The average molecular weight is 360 g/mol. The van der Waals surface area contributed by atoms with Crippen LogP contribution in [0.25, 0.3) is 0 Å². The molecular formula is C16H20BrClO2. The Bertz CT molecular complexity index is 446. The summed E-state index contributed by atoms with van der Waals surface area (Å²) >= 11 is 9.72. The smallest absolute Gasteiger partial charge is 0.119 e. The van der Waals surface area contributed by atoms with Gasteiger partial charge in [0, 0.05) is 22.4 Å². The van der Waals surface area contributed by atoms with E-state index in [2.05, 4.69) is 15.9 Å². The first-order valence-electron chi connectivity index (χ1n) is 7.29. The van der Waals surface area contributed by atoms with Crippen molar-refractivity contribution in [2.24, 2.45) is 11.3 Å². The first-order valence-corrected chi connectivity index (χ1v) is 8.62. The molecule has 2 fully saturated rings. The first-order chi connectivity index (χ1) is 9.73. The van der Waals surface area contributed by atoms with Gasteiger partial charge >= 0.3 is 0 Å². The Morgan fingerprint density at radius 3 is 2.70 bits per heavy atom. The maximum atomic E-state index is 6.29. The summed E-state index contributed by atoms with van der Waals surface area (Å²) in [6.07, 6.45) is 5.01. The van der Waals surface area contributed by atoms with Gasteiger partial charge in [-0.2, -0.15) is 0 Å². The first kappa shape index (κ1) is 14.7. The Hall–Kier alpha value is -0.250. The second-order valence-electron chi connectivity index (χ2n) is 5.93. The van der Waals surface area contributed by atoms with Crippen molar-refractivity contribution >= 4 is 27.5 Å². The maximum Gasteiger partial charge on any atom is 0.119 e. The largest absolute Gasteiger partial charge is 0.494 e. The summed E-state index contributed by atoms with van der Waals surface area (Å²) in [4.78, 5) is 0. The monoisotopic (exact) mass is 358 g/mol. The molecular weight excluding hydrogens is 340 g/mol. The van der Waals surface area contributed by atoms with Crippen LogP contribution in [0, 0.1) is 11.3 Å². The molecule has 1 heterocycles. The van der Waals surface area contributed by atoms with Crippen LogP contribution < -0.4 is 4.74 Å². The molecule has 110 valence electrons. The van der Waals surface area contributed by atoms with Gasteiger partial charge in [-0.3, -0.25) is 0 Å². The Morgan fingerprint density at radius 2 is 2.05 bits per heavy atom. The predicted octanol–water partition coefficient (Wildman–Crippen LogP) is 4.64. The molecule has 0 radical (unpaired) electrons. The molecule has 1 aliphatic heterocycles. The van der Waals surface area contributed by atoms with Gasteiger partial charge in [-0.05, 0) is 55.9 Å². The van der Waals surface area contributed by atoms with Crippen LogP contribution in [0.4, 0.5) is 0 Å². The fraction of sp³-hybridized carbons (Fsp3) is 0.625. The number of hydrogen-bond donors (Lipinski definition) is 0. The van der Waals surface area contributed by atoms with Crippen LogP contribution in [0.15, 0.2) is 28.7 Å². The molecule has 1 aromatic rings. The Kier molecular flexibility index (Phi) is 4.58. The summed E-state index contributed by atoms with van der Waals surface area (Å²) in [5, 5.41) is 0. The van der Waals surface area contributed by atoms with E-state index in [-0.39, 0.29) is 5.41 Å². The topological polar surface area (TPSA) is 18.5 Å². The summed E-state index contributed by atoms with van der Waals surface area (Å²) < 4.78 is 12.9. The SMILES string of the molecule is ClCC1(CCOc2ccc(Br)cc2)CCOC1C1CC1.